The molecule has 4 nitrogen and oxygen atoms in total. The molecule has 0 spiro atoms. The van der Waals surface area contributed by atoms with E-state index < -0.39 is 0 Å². The fourth-order valence-electron chi connectivity index (χ4n) is 2.11. The van der Waals surface area contributed by atoms with Gasteiger partial charge in [-0.2, -0.15) is 0 Å². The van der Waals surface area contributed by atoms with E-state index in [-0.39, 0.29) is 18.7 Å². The Labute approximate surface area is 71.5 Å². The van der Waals surface area contributed by atoms with Gasteiger partial charge in [-0.25, -0.2) is 4.79 Å². The number of hydrogen-bond donors (Lipinski definition) is 2. The molecule has 0 aromatic rings. The summed E-state index contributed by atoms with van der Waals surface area (Å²) in [5, 5.41) is 11.7. The van der Waals surface area contributed by atoms with Crippen molar-refractivity contribution in [3.05, 3.63) is 0 Å². The molecular weight excluding hydrogens is 156 g/mol. The summed E-state index contributed by atoms with van der Waals surface area (Å²) in [5.41, 5.74) is 0. The number of nitrogens with zero attached hydrogens (tertiary/aromatic N) is 1. The Kier molecular flexibility index (Phi) is 1.92. The second-order valence-electron chi connectivity index (χ2n) is 3.55. The summed E-state index contributed by atoms with van der Waals surface area (Å²) >= 11 is 0. The van der Waals surface area contributed by atoms with E-state index in [2.05, 4.69) is 5.32 Å². The highest BCUT2D eigenvalue weighted by molar-refractivity contribution is 5.76. The van der Waals surface area contributed by atoms with Gasteiger partial charge in [-0.05, 0) is 19.3 Å². The molecular formula is C8H14N2O2. The van der Waals surface area contributed by atoms with Crippen LogP contribution in [0.5, 0.6) is 0 Å². The number of carbonyl (C=O) groups is 1. The van der Waals surface area contributed by atoms with Gasteiger partial charge in [-0.3, -0.25) is 0 Å². The molecule has 2 rings (SSSR count). The van der Waals surface area contributed by atoms with Crippen LogP contribution in [-0.4, -0.2) is 41.3 Å². The van der Waals surface area contributed by atoms with E-state index in [0.717, 1.165) is 25.8 Å². The fraction of sp³-hybridized carbons (Fsp3) is 0.875. The second-order valence-corrected chi connectivity index (χ2v) is 3.55. The summed E-state index contributed by atoms with van der Waals surface area (Å²) in [7, 11) is 0. The van der Waals surface area contributed by atoms with E-state index >= 15 is 0 Å². The molecule has 0 aromatic carbocycles. The molecule has 2 aliphatic heterocycles. The second kappa shape index (κ2) is 2.94. The minimum Gasteiger partial charge on any atom is -0.394 e. The van der Waals surface area contributed by atoms with Gasteiger partial charge in [0.15, 0.2) is 0 Å². The van der Waals surface area contributed by atoms with Crippen molar-refractivity contribution in [2.75, 3.05) is 13.2 Å². The van der Waals surface area contributed by atoms with Gasteiger partial charge < -0.3 is 15.3 Å². The predicted molar refractivity (Wildman–Crippen MR) is 43.8 cm³/mol. The highest BCUT2D eigenvalue weighted by atomic mass is 16.3. The molecule has 0 bridgehead atoms. The van der Waals surface area contributed by atoms with Gasteiger partial charge in [-0.15, -0.1) is 0 Å². The molecule has 2 N–H and O–H groups in total. The van der Waals surface area contributed by atoms with E-state index in [1.807, 2.05) is 4.90 Å². The van der Waals surface area contributed by atoms with Crippen molar-refractivity contribution >= 4 is 6.03 Å². The molecule has 2 atom stereocenters. The van der Waals surface area contributed by atoms with E-state index in [4.69, 9.17) is 5.11 Å². The number of fused-ring (bicyclic) bond motifs is 1. The Morgan fingerprint density at radius 1 is 1.67 bits per heavy atom. The van der Waals surface area contributed by atoms with Crippen molar-refractivity contribution in [1.82, 2.24) is 10.2 Å². The van der Waals surface area contributed by atoms with Crippen LogP contribution in [0.3, 0.4) is 0 Å². The molecule has 0 saturated carbocycles. The van der Waals surface area contributed by atoms with Crippen molar-refractivity contribution in [2.45, 2.75) is 31.3 Å². The maximum Gasteiger partial charge on any atom is 0.317 e. The molecule has 2 amide bonds. The minimum absolute atomic E-state index is 0.00259. The summed E-state index contributed by atoms with van der Waals surface area (Å²) in [6.45, 7) is 0.949. The molecule has 0 radical (unpaired) electrons. The van der Waals surface area contributed by atoms with E-state index in [1.54, 1.807) is 0 Å². The smallest absolute Gasteiger partial charge is 0.317 e. The van der Waals surface area contributed by atoms with Crippen LogP contribution in [0.4, 0.5) is 4.79 Å². The van der Waals surface area contributed by atoms with Gasteiger partial charge >= 0.3 is 6.03 Å². The van der Waals surface area contributed by atoms with Crippen LogP contribution in [0.15, 0.2) is 0 Å². The van der Waals surface area contributed by atoms with Crippen LogP contribution in [-0.2, 0) is 0 Å². The minimum atomic E-state index is -0.0168. The quantitative estimate of drug-likeness (QED) is 0.578. The SMILES string of the molecule is O=C1NC(CO)CC2CCCN12. The molecule has 2 heterocycles. The van der Waals surface area contributed by atoms with E-state index in [9.17, 15) is 4.79 Å². The standard InChI is InChI=1S/C8H14N2O2/c11-5-6-4-7-2-1-3-10(7)8(12)9-6/h6-7,11H,1-5H2,(H,9,12). The first-order valence-corrected chi connectivity index (χ1v) is 4.49. The largest absolute Gasteiger partial charge is 0.394 e. The molecule has 12 heavy (non-hydrogen) atoms. The average Bonchev–Trinajstić information content (AvgIpc) is 2.52. The highest BCUT2D eigenvalue weighted by Crippen LogP contribution is 2.24. The third-order valence-electron chi connectivity index (χ3n) is 2.74. The third-order valence-corrected chi connectivity index (χ3v) is 2.74. The van der Waals surface area contributed by atoms with Crippen LogP contribution in [0.1, 0.15) is 19.3 Å². The molecule has 4 heteroatoms. The molecule has 0 aromatic heterocycles. The molecule has 2 unspecified atom stereocenters. The van der Waals surface area contributed by atoms with Crippen molar-refractivity contribution in [3.8, 4) is 0 Å². The molecule has 68 valence electrons. The summed E-state index contributed by atoms with van der Waals surface area (Å²) in [5.74, 6) is 0. The summed E-state index contributed by atoms with van der Waals surface area (Å²) in [6.07, 6.45) is 3.11. The number of hydrogen-bond acceptors (Lipinski definition) is 2. The monoisotopic (exact) mass is 170 g/mol. The lowest BCUT2D eigenvalue weighted by Crippen LogP contribution is -2.55. The molecule has 2 aliphatic rings. The summed E-state index contributed by atoms with van der Waals surface area (Å²) in [4.78, 5) is 13.2. The lowest BCUT2D eigenvalue weighted by molar-refractivity contribution is 0.138. The van der Waals surface area contributed by atoms with Crippen LogP contribution in [0.2, 0.25) is 0 Å². The summed E-state index contributed by atoms with van der Waals surface area (Å²) in [6, 6.07) is 0.371. The molecule has 2 fully saturated rings. The third kappa shape index (κ3) is 1.16. The number of amides is 2. The van der Waals surface area contributed by atoms with Gasteiger partial charge in [-0.1, -0.05) is 0 Å². The Morgan fingerprint density at radius 3 is 3.25 bits per heavy atom. The molecule has 0 aliphatic carbocycles. The van der Waals surface area contributed by atoms with Gasteiger partial charge in [0.1, 0.15) is 0 Å². The maximum absolute atomic E-state index is 11.3. The van der Waals surface area contributed by atoms with Crippen LogP contribution in [0, 0.1) is 0 Å². The van der Waals surface area contributed by atoms with Crippen molar-refractivity contribution < 1.29 is 9.90 Å². The van der Waals surface area contributed by atoms with Gasteiger partial charge in [0, 0.05) is 12.6 Å². The Hall–Kier alpha value is -0.770. The number of carbonyl (C=O) groups excluding carboxylic acids is 1. The first-order valence-electron chi connectivity index (χ1n) is 4.49. The van der Waals surface area contributed by atoms with E-state index in [1.165, 1.54) is 0 Å². The lowest BCUT2D eigenvalue weighted by Gasteiger charge is -2.34. The van der Waals surface area contributed by atoms with Gasteiger partial charge in [0.05, 0.1) is 12.6 Å². The van der Waals surface area contributed by atoms with Crippen LogP contribution >= 0.6 is 0 Å². The zero-order chi connectivity index (χ0) is 8.55. The van der Waals surface area contributed by atoms with Crippen LogP contribution in [0.25, 0.3) is 0 Å². The zero-order valence-electron chi connectivity index (χ0n) is 6.99. The first-order chi connectivity index (χ1) is 5.81. The van der Waals surface area contributed by atoms with Gasteiger partial charge in [0.2, 0.25) is 0 Å². The molecule has 2 saturated heterocycles. The Morgan fingerprint density at radius 2 is 2.50 bits per heavy atom. The number of urea groups is 1. The number of aliphatic hydroxyl groups excluding tert-OH is 1. The normalized spacial score (nSPS) is 34.8. The Bertz CT molecular complexity index is 195. The van der Waals surface area contributed by atoms with Gasteiger partial charge in [0.25, 0.3) is 0 Å². The topological polar surface area (TPSA) is 52.6 Å². The number of nitrogens with one attached hydrogen (secondary N) is 1. The van der Waals surface area contributed by atoms with Crippen molar-refractivity contribution in [1.29, 1.82) is 0 Å². The summed E-state index contributed by atoms with van der Waals surface area (Å²) < 4.78 is 0. The van der Waals surface area contributed by atoms with Crippen molar-refractivity contribution in [2.24, 2.45) is 0 Å². The zero-order valence-corrected chi connectivity index (χ0v) is 6.99. The lowest BCUT2D eigenvalue weighted by atomic mass is 10.0. The Balaban J connectivity index is 2.05. The van der Waals surface area contributed by atoms with Crippen molar-refractivity contribution in [3.63, 3.8) is 0 Å². The highest BCUT2D eigenvalue weighted by Gasteiger charge is 2.35. The average molecular weight is 170 g/mol. The maximum atomic E-state index is 11.3. The fourth-order valence-corrected chi connectivity index (χ4v) is 2.11. The predicted octanol–water partition coefficient (Wildman–Crippen LogP) is -0.0750. The number of aliphatic hydroxyl groups is 1. The first kappa shape index (κ1) is 7.86. The number of rotatable bonds is 1. The van der Waals surface area contributed by atoms with Crippen LogP contribution < -0.4 is 5.32 Å². The van der Waals surface area contributed by atoms with E-state index in [0.29, 0.717) is 6.04 Å².